The first-order chi connectivity index (χ1) is 10.1. The second-order valence-electron chi connectivity index (χ2n) is 3.89. The summed E-state index contributed by atoms with van der Waals surface area (Å²) in [6.45, 7) is 4.60. The van der Waals surface area contributed by atoms with Gasteiger partial charge in [-0.25, -0.2) is 8.78 Å². The minimum atomic E-state index is -0.754. The molecule has 21 heavy (non-hydrogen) atoms. The van der Waals surface area contributed by atoms with Crippen molar-refractivity contribution in [2.45, 2.75) is 13.8 Å². The van der Waals surface area contributed by atoms with Crippen LogP contribution in [0.1, 0.15) is 13.8 Å². The first-order valence-corrected chi connectivity index (χ1v) is 6.37. The molecule has 2 rings (SSSR count). The summed E-state index contributed by atoms with van der Waals surface area (Å²) in [7, 11) is 0. The second kappa shape index (κ2) is 6.78. The van der Waals surface area contributed by atoms with Crippen molar-refractivity contribution in [1.82, 2.24) is 15.0 Å². The quantitative estimate of drug-likeness (QED) is 0.884. The van der Waals surface area contributed by atoms with E-state index in [4.69, 9.17) is 9.47 Å². The topological polar surface area (TPSA) is 69.2 Å². The van der Waals surface area contributed by atoms with Crippen molar-refractivity contribution in [3.63, 3.8) is 0 Å². The van der Waals surface area contributed by atoms with Crippen molar-refractivity contribution in [3.8, 4) is 17.8 Å². The van der Waals surface area contributed by atoms with E-state index in [2.05, 4.69) is 20.3 Å². The molecule has 1 heterocycles. The fourth-order valence-corrected chi connectivity index (χ4v) is 1.51. The van der Waals surface area contributed by atoms with Gasteiger partial charge in [0.1, 0.15) is 17.4 Å². The Morgan fingerprint density at radius 2 is 1.67 bits per heavy atom. The molecule has 0 atom stereocenters. The molecule has 0 aliphatic carbocycles. The number of benzene rings is 1. The minimum Gasteiger partial charge on any atom is -0.464 e. The van der Waals surface area contributed by atoms with Gasteiger partial charge in [-0.2, -0.15) is 9.97 Å². The third-order valence-electron chi connectivity index (χ3n) is 2.25. The number of aromatic nitrogens is 3. The molecule has 0 aliphatic rings. The number of hydrogen-bond donors (Lipinski definition) is 1. The lowest BCUT2D eigenvalue weighted by Crippen LogP contribution is -2.07. The van der Waals surface area contributed by atoms with Crippen molar-refractivity contribution in [3.05, 3.63) is 29.8 Å². The van der Waals surface area contributed by atoms with E-state index in [1.807, 2.05) is 6.92 Å². The zero-order valence-corrected chi connectivity index (χ0v) is 11.6. The summed E-state index contributed by atoms with van der Waals surface area (Å²) >= 11 is 0. The molecule has 1 N–H and O–H groups in total. The van der Waals surface area contributed by atoms with Crippen LogP contribution in [0.3, 0.4) is 0 Å². The number of nitrogens with one attached hydrogen (secondary N) is 1. The highest BCUT2D eigenvalue weighted by Crippen LogP contribution is 2.22. The number of nitrogens with zero attached hydrogens (tertiary/aromatic N) is 3. The Morgan fingerprint density at radius 1 is 1.00 bits per heavy atom. The van der Waals surface area contributed by atoms with E-state index in [1.165, 1.54) is 0 Å². The number of rotatable bonds is 6. The summed E-state index contributed by atoms with van der Waals surface area (Å²) in [5, 5.41) is 2.88. The molecule has 0 amide bonds. The fraction of sp³-hybridized carbons (Fsp3) is 0.308. The Bertz CT molecular complexity index is 581. The summed E-state index contributed by atoms with van der Waals surface area (Å²) in [5.41, 5.74) is 0. The SMILES string of the molecule is CCNc1nc(OCC)nc(Oc2cc(F)cc(F)c2)n1. The first-order valence-electron chi connectivity index (χ1n) is 6.37. The lowest BCUT2D eigenvalue weighted by molar-refractivity contribution is 0.303. The highest BCUT2D eigenvalue weighted by Gasteiger charge is 2.10. The van der Waals surface area contributed by atoms with Crippen LogP contribution in [0, 0.1) is 11.6 Å². The van der Waals surface area contributed by atoms with E-state index in [-0.39, 0.29) is 23.7 Å². The standard InChI is InChI=1S/C13H14F2N4O2/c1-3-16-11-17-12(20-4-2)19-13(18-11)21-10-6-8(14)5-9(15)7-10/h5-7H,3-4H2,1-2H3,(H,16,17,18,19). The average Bonchev–Trinajstić information content (AvgIpc) is 2.37. The Balaban J connectivity index is 2.28. The van der Waals surface area contributed by atoms with E-state index in [1.54, 1.807) is 6.92 Å². The largest absolute Gasteiger partial charge is 0.464 e. The molecule has 1 aromatic heterocycles. The Hall–Kier alpha value is -2.51. The van der Waals surface area contributed by atoms with E-state index in [0.717, 1.165) is 18.2 Å². The van der Waals surface area contributed by atoms with Crippen LogP contribution >= 0.6 is 0 Å². The summed E-state index contributed by atoms with van der Waals surface area (Å²) < 4.78 is 36.7. The highest BCUT2D eigenvalue weighted by molar-refractivity contribution is 5.31. The third kappa shape index (κ3) is 4.23. The second-order valence-corrected chi connectivity index (χ2v) is 3.89. The molecule has 0 unspecified atom stereocenters. The molecular formula is C13H14F2N4O2. The van der Waals surface area contributed by atoms with E-state index in [9.17, 15) is 8.78 Å². The van der Waals surface area contributed by atoms with Gasteiger partial charge >= 0.3 is 12.0 Å². The Kier molecular flexibility index (Phi) is 4.81. The van der Waals surface area contributed by atoms with Gasteiger partial charge in [0.25, 0.3) is 0 Å². The molecule has 6 nitrogen and oxygen atoms in total. The van der Waals surface area contributed by atoms with Crippen molar-refractivity contribution in [1.29, 1.82) is 0 Å². The molecule has 8 heteroatoms. The summed E-state index contributed by atoms with van der Waals surface area (Å²) in [4.78, 5) is 11.9. The Morgan fingerprint density at radius 3 is 2.29 bits per heavy atom. The molecule has 2 aromatic rings. The van der Waals surface area contributed by atoms with Crippen LogP contribution in [-0.2, 0) is 0 Å². The molecule has 0 saturated heterocycles. The average molecular weight is 296 g/mol. The van der Waals surface area contributed by atoms with Gasteiger partial charge in [0.05, 0.1) is 6.61 Å². The van der Waals surface area contributed by atoms with E-state index >= 15 is 0 Å². The maximum atomic E-state index is 13.1. The van der Waals surface area contributed by atoms with Crippen molar-refractivity contribution in [2.75, 3.05) is 18.5 Å². The number of anilines is 1. The van der Waals surface area contributed by atoms with Crippen LogP contribution in [-0.4, -0.2) is 28.1 Å². The Labute approximate surface area is 120 Å². The molecule has 0 spiro atoms. The molecule has 0 saturated carbocycles. The van der Waals surface area contributed by atoms with Crippen molar-refractivity contribution < 1.29 is 18.3 Å². The summed E-state index contributed by atoms with van der Waals surface area (Å²) in [6, 6.07) is 2.75. The van der Waals surface area contributed by atoms with Crippen LogP contribution in [0.5, 0.6) is 17.8 Å². The molecule has 0 fully saturated rings. The molecule has 0 radical (unpaired) electrons. The predicted octanol–water partition coefficient (Wildman–Crippen LogP) is 2.77. The molecule has 112 valence electrons. The zero-order chi connectivity index (χ0) is 15.2. The molecule has 0 bridgehead atoms. The van der Waals surface area contributed by atoms with Gasteiger partial charge in [-0.3, -0.25) is 0 Å². The third-order valence-corrected chi connectivity index (χ3v) is 2.25. The minimum absolute atomic E-state index is 0.0522. The molecule has 1 aromatic carbocycles. The van der Waals surface area contributed by atoms with Crippen molar-refractivity contribution >= 4 is 5.95 Å². The monoisotopic (exact) mass is 296 g/mol. The lowest BCUT2D eigenvalue weighted by Gasteiger charge is -2.08. The van der Waals surface area contributed by atoms with E-state index < -0.39 is 11.6 Å². The number of halogens is 2. The van der Waals surface area contributed by atoms with Crippen molar-refractivity contribution in [2.24, 2.45) is 0 Å². The lowest BCUT2D eigenvalue weighted by atomic mass is 10.3. The summed E-state index contributed by atoms with van der Waals surface area (Å²) in [6.07, 6.45) is 0. The van der Waals surface area contributed by atoms with Gasteiger partial charge in [0.15, 0.2) is 0 Å². The van der Waals surface area contributed by atoms with Crippen LogP contribution < -0.4 is 14.8 Å². The highest BCUT2D eigenvalue weighted by atomic mass is 19.1. The normalized spacial score (nSPS) is 10.3. The van der Waals surface area contributed by atoms with Gasteiger partial charge in [-0.1, -0.05) is 0 Å². The number of hydrogen-bond acceptors (Lipinski definition) is 6. The number of ether oxygens (including phenoxy) is 2. The van der Waals surface area contributed by atoms with Crippen LogP contribution in [0.2, 0.25) is 0 Å². The predicted molar refractivity (Wildman–Crippen MR) is 71.6 cm³/mol. The van der Waals surface area contributed by atoms with Gasteiger partial charge in [-0.05, 0) is 13.8 Å². The maximum Gasteiger partial charge on any atom is 0.330 e. The summed E-state index contributed by atoms with van der Waals surface area (Å²) in [5.74, 6) is -1.31. The van der Waals surface area contributed by atoms with Gasteiger partial charge < -0.3 is 14.8 Å². The van der Waals surface area contributed by atoms with Gasteiger partial charge in [-0.15, -0.1) is 4.98 Å². The van der Waals surface area contributed by atoms with Crippen LogP contribution in [0.15, 0.2) is 18.2 Å². The maximum absolute atomic E-state index is 13.1. The van der Waals surface area contributed by atoms with Crippen LogP contribution in [0.25, 0.3) is 0 Å². The zero-order valence-electron chi connectivity index (χ0n) is 11.6. The van der Waals surface area contributed by atoms with E-state index in [0.29, 0.717) is 13.2 Å². The van der Waals surface area contributed by atoms with Crippen LogP contribution in [0.4, 0.5) is 14.7 Å². The fourth-order valence-electron chi connectivity index (χ4n) is 1.51. The van der Waals surface area contributed by atoms with Gasteiger partial charge in [0, 0.05) is 24.7 Å². The molecule has 0 aliphatic heterocycles. The smallest absolute Gasteiger partial charge is 0.330 e. The molecular weight excluding hydrogens is 282 g/mol. The van der Waals surface area contributed by atoms with Gasteiger partial charge in [0.2, 0.25) is 5.95 Å². The first kappa shape index (κ1) is 14.9.